The van der Waals surface area contributed by atoms with Gasteiger partial charge in [-0.15, -0.1) is 0 Å². The predicted octanol–water partition coefficient (Wildman–Crippen LogP) is 3.16. The fourth-order valence-electron chi connectivity index (χ4n) is 1.39. The third kappa shape index (κ3) is 2.02. The van der Waals surface area contributed by atoms with Gasteiger partial charge in [-0.25, -0.2) is 0 Å². The number of hydrogen-bond donors (Lipinski definition) is 0. The quantitative estimate of drug-likeness (QED) is 0.486. The van der Waals surface area contributed by atoms with Crippen LogP contribution in [0.2, 0.25) is 0 Å². The first-order valence-corrected chi connectivity index (χ1v) is 4.14. The van der Waals surface area contributed by atoms with Crippen molar-refractivity contribution in [2.24, 2.45) is 11.8 Å². The fourth-order valence-corrected chi connectivity index (χ4v) is 1.39. The molecule has 0 saturated carbocycles. The van der Waals surface area contributed by atoms with Gasteiger partial charge >= 0.3 is 0 Å². The highest BCUT2D eigenvalue weighted by atomic mass is 14.1. The Kier molecular flexibility index (Phi) is 2.73. The van der Waals surface area contributed by atoms with E-state index >= 15 is 0 Å². The molecule has 1 rings (SSSR count). The molecule has 10 heavy (non-hydrogen) atoms. The van der Waals surface area contributed by atoms with Gasteiger partial charge in [0.05, 0.1) is 0 Å². The molecule has 2 atom stereocenters. The molecule has 0 heteroatoms. The molecule has 1 aliphatic rings. The molecule has 0 spiro atoms. The van der Waals surface area contributed by atoms with Crippen molar-refractivity contribution in [2.75, 3.05) is 0 Å². The van der Waals surface area contributed by atoms with E-state index in [9.17, 15) is 0 Å². The van der Waals surface area contributed by atoms with Crippen molar-refractivity contribution < 1.29 is 0 Å². The van der Waals surface area contributed by atoms with Crippen LogP contribution in [0, 0.1) is 11.8 Å². The van der Waals surface area contributed by atoms with Crippen molar-refractivity contribution in [2.45, 2.75) is 26.7 Å². The smallest absolute Gasteiger partial charge is 0.00533 e. The van der Waals surface area contributed by atoms with E-state index in [-0.39, 0.29) is 0 Å². The van der Waals surface area contributed by atoms with Gasteiger partial charge in [0.15, 0.2) is 0 Å². The molecule has 0 aliphatic heterocycles. The van der Waals surface area contributed by atoms with E-state index in [1.165, 1.54) is 12.8 Å². The van der Waals surface area contributed by atoms with Crippen LogP contribution in [0.1, 0.15) is 26.7 Å². The van der Waals surface area contributed by atoms with Crippen LogP contribution in [-0.4, -0.2) is 0 Å². The van der Waals surface area contributed by atoms with Crippen molar-refractivity contribution in [3.05, 3.63) is 24.3 Å². The summed E-state index contributed by atoms with van der Waals surface area (Å²) in [5.74, 6) is 1.53. The minimum absolute atomic E-state index is 0.723. The number of hydrogen-bond acceptors (Lipinski definition) is 0. The molecule has 0 amide bonds. The van der Waals surface area contributed by atoms with Crippen molar-refractivity contribution in [3.8, 4) is 0 Å². The Morgan fingerprint density at radius 2 is 2.10 bits per heavy atom. The zero-order valence-corrected chi connectivity index (χ0v) is 6.88. The molecular formula is C10H16. The molecule has 2 unspecified atom stereocenters. The van der Waals surface area contributed by atoms with Crippen LogP contribution >= 0.6 is 0 Å². The first kappa shape index (κ1) is 7.59. The topological polar surface area (TPSA) is 0 Å². The Balaban J connectivity index is 2.45. The lowest BCUT2D eigenvalue weighted by atomic mass is 9.89. The lowest BCUT2D eigenvalue weighted by molar-refractivity contribution is 0.530. The molecular weight excluding hydrogens is 120 g/mol. The summed E-state index contributed by atoms with van der Waals surface area (Å²) in [4.78, 5) is 0. The van der Waals surface area contributed by atoms with Gasteiger partial charge in [-0.2, -0.15) is 0 Å². The summed E-state index contributed by atoms with van der Waals surface area (Å²) < 4.78 is 0. The van der Waals surface area contributed by atoms with E-state index in [1.54, 1.807) is 0 Å². The van der Waals surface area contributed by atoms with E-state index in [1.807, 2.05) is 0 Å². The Labute approximate surface area is 63.6 Å². The van der Waals surface area contributed by atoms with Gasteiger partial charge in [0.2, 0.25) is 0 Å². The van der Waals surface area contributed by atoms with Crippen LogP contribution in [0.15, 0.2) is 24.3 Å². The molecule has 0 aromatic heterocycles. The Morgan fingerprint density at radius 1 is 1.30 bits per heavy atom. The van der Waals surface area contributed by atoms with Crippen LogP contribution in [0.5, 0.6) is 0 Å². The molecule has 0 bridgehead atoms. The number of rotatable bonds is 1. The van der Waals surface area contributed by atoms with Gasteiger partial charge in [-0.05, 0) is 31.6 Å². The second kappa shape index (κ2) is 3.60. The Morgan fingerprint density at radius 3 is 2.60 bits per heavy atom. The van der Waals surface area contributed by atoms with Crippen LogP contribution in [0.3, 0.4) is 0 Å². The van der Waals surface area contributed by atoms with E-state index in [0.717, 1.165) is 11.8 Å². The maximum Gasteiger partial charge on any atom is -0.00533 e. The highest BCUT2D eigenvalue weighted by Gasteiger charge is 2.08. The first-order chi connectivity index (χ1) is 4.83. The third-order valence-corrected chi connectivity index (χ3v) is 2.08. The largest absolute Gasteiger partial charge is 0.0911 e. The minimum atomic E-state index is 0.723. The highest BCUT2D eigenvalue weighted by Crippen LogP contribution is 2.22. The van der Waals surface area contributed by atoms with Crippen LogP contribution in [0.4, 0.5) is 0 Å². The average molecular weight is 136 g/mol. The SMILES string of the molecule is C/C=C/C1C=CC(C)CC1. The van der Waals surface area contributed by atoms with E-state index in [2.05, 4.69) is 38.2 Å². The van der Waals surface area contributed by atoms with Crippen molar-refractivity contribution in [3.63, 3.8) is 0 Å². The van der Waals surface area contributed by atoms with Crippen LogP contribution < -0.4 is 0 Å². The summed E-state index contributed by atoms with van der Waals surface area (Å²) in [6.45, 7) is 4.37. The van der Waals surface area contributed by atoms with Crippen LogP contribution in [0.25, 0.3) is 0 Å². The minimum Gasteiger partial charge on any atom is -0.0911 e. The zero-order valence-electron chi connectivity index (χ0n) is 6.88. The normalized spacial score (nSPS) is 33.4. The van der Waals surface area contributed by atoms with Crippen molar-refractivity contribution >= 4 is 0 Å². The molecule has 0 aromatic rings. The van der Waals surface area contributed by atoms with Gasteiger partial charge < -0.3 is 0 Å². The fraction of sp³-hybridized carbons (Fsp3) is 0.600. The lowest BCUT2D eigenvalue weighted by Crippen LogP contribution is -2.03. The number of allylic oxidation sites excluding steroid dienone is 4. The van der Waals surface area contributed by atoms with Gasteiger partial charge in [0.1, 0.15) is 0 Å². The molecule has 0 radical (unpaired) electrons. The summed E-state index contributed by atoms with van der Waals surface area (Å²) in [6.07, 6.45) is 11.8. The monoisotopic (exact) mass is 136 g/mol. The van der Waals surface area contributed by atoms with E-state index < -0.39 is 0 Å². The molecule has 0 aromatic carbocycles. The molecule has 0 saturated heterocycles. The van der Waals surface area contributed by atoms with Crippen LogP contribution in [-0.2, 0) is 0 Å². The zero-order chi connectivity index (χ0) is 7.40. The van der Waals surface area contributed by atoms with Crippen molar-refractivity contribution in [1.29, 1.82) is 0 Å². The summed E-state index contributed by atoms with van der Waals surface area (Å²) in [5, 5.41) is 0. The summed E-state index contributed by atoms with van der Waals surface area (Å²) in [6, 6.07) is 0. The molecule has 56 valence electrons. The highest BCUT2D eigenvalue weighted by molar-refractivity contribution is 5.04. The molecule has 0 N–H and O–H groups in total. The summed E-state index contributed by atoms with van der Waals surface area (Å²) in [7, 11) is 0. The molecule has 0 nitrogen and oxygen atoms in total. The summed E-state index contributed by atoms with van der Waals surface area (Å²) in [5.41, 5.74) is 0. The maximum absolute atomic E-state index is 2.33. The van der Waals surface area contributed by atoms with Gasteiger partial charge in [0.25, 0.3) is 0 Å². The lowest BCUT2D eigenvalue weighted by Gasteiger charge is -2.16. The maximum atomic E-state index is 2.33. The second-order valence-electron chi connectivity index (χ2n) is 3.13. The average Bonchev–Trinajstić information content (AvgIpc) is 1.95. The standard InChI is InChI=1S/C10H16/c1-3-4-10-7-5-9(2)6-8-10/h3-5,7,9-10H,6,8H2,1-2H3/b4-3+. The van der Waals surface area contributed by atoms with Gasteiger partial charge in [-0.1, -0.05) is 31.2 Å². The molecule has 0 fully saturated rings. The van der Waals surface area contributed by atoms with Gasteiger partial charge in [-0.3, -0.25) is 0 Å². The first-order valence-electron chi connectivity index (χ1n) is 4.14. The molecule has 1 aliphatic carbocycles. The van der Waals surface area contributed by atoms with E-state index in [4.69, 9.17) is 0 Å². The predicted molar refractivity (Wildman–Crippen MR) is 45.8 cm³/mol. The molecule has 0 heterocycles. The van der Waals surface area contributed by atoms with E-state index in [0.29, 0.717) is 0 Å². The van der Waals surface area contributed by atoms with Gasteiger partial charge in [0, 0.05) is 0 Å². The Bertz CT molecular complexity index is 142. The third-order valence-electron chi connectivity index (χ3n) is 2.08. The summed E-state index contributed by atoms with van der Waals surface area (Å²) >= 11 is 0. The second-order valence-corrected chi connectivity index (χ2v) is 3.13. The van der Waals surface area contributed by atoms with Crippen molar-refractivity contribution in [1.82, 2.24) is 0 Å². The Hall–Kier alpha value is -0.520.